The summed E-state index contributed by atoms with van der Waals surface area (Å²) in [5, 5.41) is 25.1. The number of nitrogens with one attached hydrogen (secondary N) is 1. The van der Waals surface area contributed by atoms with Gasteiger partial charge in [0.25, 0.3) is 5.91 Å². The van der Waals surface area contributed by atoms with Crippen molar-refractivity contribution in [3.8, 4) is 23.0 Å². The molecule has 0 spiro atoms. The Kier molecular flexibility index (Phi) is 5.87. The number of aryl methyl sites for hydroxylation is 1. The fourth-order valence-corrected chi connectivity index (χ4v) is 3.77. The molecule has 2 aromatic heterocycles. The molecule has 4 rings (SSSR count). The Morgan fingerprint density at radius 1 is 1.21 bits per heavy atom. The number of hydrogen-bond acceptors (Lipinski definition) is 5. The summed E-state index contributed by atoms with van der Waals surface area (Å²) in [6.45, 7) is 5.65. The molecule has 8 nitrogen and oxygen atoms in total. The SMILES string of the molecule is Cc1c(-c2cn(-c3cc(C(=O)Nc4cccc(C(C)(C)C#N)c4)ccc3Br)nn2)cnn1C. The molecule has 33 heavy (non-hydrogen) atoms. The van der Waals surface area contributed by atoms with Gasteiger partial charge >= 0.3 is 0 Å². The van der Waals surface area contributed by atoms with Gasteiger partial charge in [-0.25, -0.2) is 4.68 Å². The quantitative estimate of drug-likeness (QED) is 0.421. The van der Waals surface area contributed by atoms with Crippen molar-refractivity contribution in [2.24, 2.45) is 7.05 Å². The molecule has 0 aliphatic rings. The summed E-state index contributed by atoms with van der Waals surface area (Å²) in [5.74, 6) is -0.265. The number of benzene rings is 2. The van der Waals surface area contributed by atoms with Crippen molar-refractivity contribution in [3.05, 3.63) is 76.2 Å². The normalized spacial score (nSPS) is 11.3. The minimum atomic E-state index is -0.650. The van der Waals surface area contributed by atoms with Crippen molar-refractivity contribution in [3.63, 3.8) is 0 Å². The Hall–Kier alpha value is -3.77. The van der Waals surface area contributed by atoms with Crippen molar-refractivity contribution in [1.29, 1.82) is 5.26 Å². The Morgan fingerprint density at radius 2 is 2.00 bits per heavy atom. The lowest BCUT2D eigenvalue weighted by atomic mass is 9.86. The van der Waals surface area contributed by atoms with E-state index in [0.29, 0.717) is 22.6 Å². The molecule has 0 aliphatic carbocycles. The fourth-order valence-electron chi connectivity index (χ4n) is 3.34. The first-order chi connectivity index (χ1) is 15.7. The predicted octanol–water partition coefficient (Wildman–Crippen LogP) is 4.79. The summed E-state index contributed by atoms with van der Waals surface area (Å²) in [6, 6.07) is 14.9. The number of amides is 1. The van der Waals surface area contributed by atoms with Crippen LogP contribution in [0.15, 0.2) is 59.3 Å². The Labute approximate surface area is 200 Å². The standard InChI is InChI=1S/C24H22BrN7O/c1-15-19(12-27-31(15)4)21-13-32(30-29-21)22-10-16(8-9-20(22)25)23(33)28-18-7-5-6-17(11-18)24(2,3)14-26/h5-13H,1-4H3,(H,28,33). The highest BCUT2D eigenvalue weighted by Gasteiger charge is 2.20. The van der Waals surface area contributed by atoms with Crippen LogP contribution in [-0.2, 0) is 12.5 Å². The first-order valence-corrected chi connectivity index (χ1v) is 11.0. The summed E-state index contributed by atoms with van der Waals surface area (Å²) in [4.78, 5) is 13.0. The van der Waals surface area contributed by atoms with Gasteiger partial charge in [0.1, 0.15) is 5.69 Å². The van der Waals surface area contributed by atoms with Gasteiger partial charge in [0.15, 0.2) is 0 Å². The predicted molar refractivity (Wildman–Crippen MR) is 129 cm³/mol. The monoisotopic (exact) mass is 503 g/mol. The van der Waals surface area contributed by atoms with Crippen molar-refractivity contribution in [2.45, 2.75) is 26.2 Å². The van der Waals surface area contributed by atoms with Crippen LogP contribution in [0.3, 0.4) is 0 Å². The van der Waals surface area contributed by atoms with Gasteiger partial charge in [0.05, 0.1) is 29.6 Å². The molecule has 0 fully saturated rings. The van der Waals surface area contributed by atoms with Gasteiger partial charge in [-0.2, -0.15) is 10.4 Å². The zero-order valence-corrected chi connectivity index (χ0v) is 20.3. The first-order valence-electron chi connectivity index (χ1n) is 10.2. The summed E-state index contributed by atoms with van der Waals surface area (Å²) in [6.07, 6.45) is 3.56. The number of nitrogens with zero attached hydrogens (tertiary/aromatic N) is 6. The molecule has 1 N–H and O–H groups in total. The topological polar surface area (TPSA) is 101 Å². The van der Waals surface area contributed by atoms with Gasteiger partial charge in [-0.3, -0.25) is 9.48 Å². The summed E-state index contributed by atoms with van der Waals surface area (Å²) >= 11 is 3.54. The number of anilines is 1. The highest BCUT2D eigenvalue weighted by molar-refractivity contribution is 9.10. The van der Waals surface area contributed by atoms with Crippen LogP contribution < -0.4 is 5.32 Å². The minimum Gasteiger partial charge on any atom is -0.322 e. The van der Waals surface area contributed by atoms with Crippen LogP contribution in [0.2, 0.25) is 0 Å². The first kappa shape index (κ1) is 22.4. The van der Waals surface area contributed by atoms with E-state index in [1.54, 1.807) is 46.0 Å². The van der Waals surface area contributed by atoms with Gasteiger partial charge in [0, 0.05) is 34.0 Å². The molecule has 0 radical (unpaired) electrons. The lowest BCUT2D eigenvalue weighted by Crippen LogP contribution is -2.16. The second-order valence-electron chi connectivity index (χ2n) is 8.25. The van der Waals surface area contributed by atoms with Crippen molar-refractivity contribution in [2.75, 3.05) is 5.32 Å². The number of carbonyl (C=O) groups excluding carboxylic acids is 1. The molecule has 166 valence electrons. The molecular weight excluding hydrogens is 482 g/mol. The number of nitriles is 1. The largest absolute Gasteiger partial charge is 0.322 e. The van der Waals surface area contributed by atoms with Crippen LogP contribution in [0.25, 0.3) is 16.9 Å². The van der Waals surface area contributed by atoms with E-state index in [9.17, 15) is 10.1 Å². The molecule has 0 bridgehead atoms. The van der Waals surface area contributed by atoms with Gasteiger partial charge in [-0.1, -0.05) is 17.3 Å². The van der Waals surface area contributed by atoms with E-state index < -0.39 is 5.41 Å². The average Bonchev–Trinajstić information content (AvgIpc) is 3.41. The molecule has 2 heterocycles. The maximum Gasteiger partial charge on any atom is 0.255 e. The van der Waals surface area contributed by atoms with Crippen LogP contribution >= 0.6 is 15.9 Å². The van der Waals surface area contributed by atoms with E-state index in [4.69, 9.17) is 0 Å². The lowest BCUT2D eigenvalue weighted by Gasteiger charge is -2.17. The van der Waals surface area contributed by atoms with Crippen LogP contribution in [0.4, 0.5) is 5.69 Å². The molecular formula is C24H22BrN7O. The highest BCUT2D eigenvalue weighted by atomic mass is 79.9. The molecule has 0 saturated heterocycles. The van der Waals surface area contributed by atoms with E-state index >= 15 is 0 Å². The highest BCUT2D eigenvalue weighted by Crippen LogP contribution is 2.27. The molecule has 4 aromatic rings. The van der Waals surface area contributed by atoms with E-state index in [0.717, 1.165) is 21.3 Å². The number of hydrogen-bond donors (Lipinski definition) is 1. The maximum atomic E-state index is 13.0. The summed E-state index contributed by atoms with van der Waals surface area (Å²) in [5.41, 5.74) is 4.53. The second kappa shape index (κ2) is 8.64. The van der Waals surface area contributed by atoms with Crippen molar-refractivity contribution in [1.82, 2.24) is 24.8 Å². The Balaban J connectivity index is 1.61. The van der Waals surface area contributed by atoms with Gasteiger partial charge < -0.3 is 5.32 Å². The molecule has 1 amide bonds. The Bertz CT molecular complexity index is 1390. The fraction of sp³-hybridized carbons (Fsp3) is 0.208. The molecule has 0 aliphatic heterocycles. The van der Waals surface area contributed by atoms with Crippen LogP contribution in [-0.4, -0.2) is 30.7 Å². The minimum absolute atomic E-state index is 0.265. The summed E-state index contributed by atoms with van der Waals surface area (Å²) < 4.78 is 4.18. The van der Waals surface area contributed by atoms with E-state index in [1.807, 2.05) is 46.0 Å². The van der Waals surface area contributed by atoms with Crippen molar-refractivity contribution >= 4 is 27.5 Å². The third-order valence-corrected chi connectivity index (χ3v) is 6.25. The smallest absolute Gasteiger partial charge is 0.255 e. The van der Waals surface area contributed by atoms with E-state index in [1.165, 1.54) is 0 Å². The molecule has 9 heteroatoms. The zero-order valence-electron chi connectivity index (χ0n) is 18.7. The molecule has 0 saturated carbocycles. The van der Waals surface area contributed by atoms with Crippen LogP contribution in [0, 0.1) is 18.3 Å². The third kappa shape index (κ3) is 4.43. The molecule has 2 aromatic carbocycles. The number of halogens is 1. The van der Waals surface area contributed by atoms with Gasteiger partial charge in [-0.15, -0.1) is 5.10 Å². The lowest BCUT2D eigenvalue weighted by molar-refractivity contribution is 0.102. The van der Waals surface area contributed by atoms with Gasteiger partial charge in [0.2, 0.25) is 0 Å². The van der Waals surface area contributed by atoms with Crippen LogP contribution in [0.5, 0.6) is 0 Å². The number of carbonyl (C=O) groups is 1. The second-order valence-corrected chi connectivity index (χ2v) is 9.11. The Morgan fingerprint density at radius 3 is 2.70 bits per heavy atom. The average molecular weight is 504 g/mol. The maximum absolute atomic E-state index is 13.0. The third-order valence-electron chi connectivity index (χ3n) is 5.58. The number of rotatable bonds is 5. The molecule has 0 unspecified atom stereocenters. The van der Waals surface area contributed by atoms with E-state index in [-0.39, 0.29) is 5.91 Å². The van der Waals surface area contributed by atoms with Gasteiger partial charge in [-0.05, 0) is 72.6 Å². The van der Waals surface area contributed by atoms with Crippen LogP contribution in [0.1, 0.15) is 35.5 Å². The molecule has 0 atom stereocenters. The van der Waals surface area contributed by atoms with E-state index in [2.05, 4.69) is 42.7 Å². The van der Waals surface area contributed by atoms with Crippen molar-refractivity contribution < 1.29 is 4.79 Å². The summed E-state index contributed by atoms with van der Waals surface area (Å²) in [7, 11) is 1.87. The zero-order chi connectivity index (χ0) is 23.8. The number of aromatic nitrogens is 5.